The van der Waals surface area contributed by atoms with E-state index in [-0.39, 0.29) is 36.2 Å². The number of anilines is 1. The standard InChI is InChI=1S/C22H21N3O6/c26-20-13-19(22(28)24(20)16-5-2-1-3-6-16)23(14-18-7-4-12-31-18)21(27)15-8-10-17(11-9-15)25(29)30/h1-3,5-6,8-11,18-19H,4,7,12-14H2. The summed E-state index contributed by atoms with van der Waals surface area (Å²) in [7, 11) is 0. The van der Waals surface area contributed by atoms with E-state index in [1.54, 1.807) is 30.3 Å². The van der Waals surface area contributed by atoms with E-state index in [2.05, 4.69) is 0 Å². The summed E-state index contributed by atoms with van der Waals surface area (Å²) in [4.78, 5) is 52.0. The van der Waals surface area contributed by atoms with Crippen LogP contribution in [-0.4, -0.2) is 52.8 Å². The topological polar surface area (TPSA) is 110 Å². The van der Waals surface area contributed by atoms with Crippen LogP contribution in [-0.2, 0) is 14.3 Å². The third-order valence-electron chi connectivity index (χ3n) is 5.52. The second-order valence-corrected chi connectivity index (χ2v) is 7.52. The summed E-state index contributed by atoms with van der Waals surface area (Å²) in [6.45, 7) is 0.750. The Balaban J connectivity index is 1.63. The van der Waals surface area contributed by atoms with E-state index >= 15 is 0 Å². The highest BCUT2D eigenvalue weighted by Crippen LogP contribution is 2.28. The number of nitrogens with zero attached hydrogens (tertiary/aromatic N) is 3. The van der Waals surface area contributed by atoms with Gasteiger partial charge in [-0.15, -0.1) is 0 Å². The lowest BCUT2D eigenvalue weighted by Gasteiger charge is -2.30. The van der Waals surface area contributed by atoms with Gasteiger partial charge in [0.25, 0.3) is 17.5 Å². The van der Waals surface area contributed by atoms with E-state index in [4.69, 9.17) is 4.74 Å². The van der Waals surface area contributed by atoms with Gasteiger partial charge in [-0.2, -0.15) is 0 Å². The molecule has 0 bridgehead atoms. The Morgan fingerprint density at radius 1 is 1.13 bits per heavy atom. The minimum Gasteiger partial charge on any atom is -0.376 e. The Kier molecular flexibility index (Phi) is 5.77. The summed E-state index contributed by atoms with van der Waals surface area (Å²) in [6.07, 6.45) is 1.26. The largest absolute Gasteiger partial charge is 0.376 e. The number of para-hydroxylation sites is 1. The van der Waals surface area contributed by atoms with Gasteiger partial charge < -0.3 is 9.64 Å². The summed E-state index contributed by atoms with van der Waals surface area (Å²) in [6, 6.07) is 12.8. The maximum absolute atomic E-state index is 13.3. The molecule has 0 N–H and O–H groups in total. The van der Waals surface area contributed by atoms with Crippen LogP contribution in [0.5, 0.6) is 0 Å². The lowest BCUT2D eigenvalue weighted by atomic mass is 10.1. The predicted molar refractivity (Wildman–Crippen MR) is 110 cm³/mol. The zero-order valence-corrected chi connectivity index (χ0v) is 16.7. The van der Waals surface area contributed by atoms with Gasteiger partial charge in [0.15, 0.2) is 0 Å². The van der Waals surface area contributed by atoms with Crippen molar-refractivity contribution in [2.24, 2.45) is 0 Å². The summed E-state index contributed by atoms with van der Waals surface area (Å²) < 4.78 is 5.66. The van der Waals surface area contributed by atoms with Gasteiger partial charge in [-0.3, -0.25) is 24.5 Å². The molecule has 31 heavy (non-hydrogen) atoms. The Bertz CT molecular complexity index is 1000. The number of imide groups is 1. The molecule has 2 aromatic rings. The lowest BCUT2D eigenvalue weighted by Crippen LogP contribution is -2.48. The second kappa shape index (κ2) is 8.65. The van der Waals surface area contributed by atoms with Crippen LogP contribution in [0.2, 0.25) is 0 Å². The molecular weight excluding hydrogens is 402 g/mol. The average molecular weight is 423 g/mol. The van der Waals surface area contributed by atoms with Crippen molar-refractivity contribution >= 4 is 29.1 Å². The Morgan fingerprint density at radius 2 is 1.84 bits per heavy atom. The van der Waals surface area contributed by atoms with E-state index in [0.29, 0.717) is 12.3 Å². The molecule has 9 nitrogen and oxygen atoms in total. The molecule has 0 radical (unpaired) electrons. The minimum atomic E-state index is -0.959. The van der Waals surface area contributed by atoms with Crippen LogP contribution >= 0.6 is 0 Å². The van der Waals surface area contributed by atoms with Gasteiger partial charge in [0.1, 0.15) is 6.04 Å². The first-order valence-electron chi connectivity index (χ1n) is 10.0. The smallest absolute Gasteiger partial charge is 0.269 e. The SMILES string of the molecule is O=C1CC(N(CC2CCCO2)C(=O)c2ccc([N+](=O)[O-])cc2)C(=O)N1c1ccccc1. The molecule has 2 saturated heterocycles. The van der Waals surface area contributed by atoms with Crippen LogP contribution < -0.4 is 4.90 Å². The summed E-state index contributed by atoms with van der Waals surface area (Å²) >= 11 is 0. The average Bonchev–Trinajstić information content (AvgIpc) is 3.39. The molecule has 0 aromatic heterocycles. The summed E-state index contributed by atoms with van der Waals surface area (Å²) in [5, 5.41) is 10.9. The van der Waals surface area contributed by atoms with Crippen LogP contribution in [0.4, 0.5) is 11.4 Å². The number of ether oxygens (including phenoxy) is 1. The van der Waals surface area contributed by atoms with E-state index in [0.717, 1.165) is 17.7 Å². The van der Waals surface area contributed by atoms with Crippen molar-refractivity contribution in [1.82, 2.24) is 4.90 Å². The zero-order valence-electron chi connectivity index (χ0n) is 16.7. The van der Waals surface area contributed by atoms with Crippen molar-refractivity contribution in [3.63, 3.8) is 0 Å². The van der Waals surface area contributed by atoms with E-state index in [9.17, 15) is 24.5 Å². The molecule has 2 heterocycles. The fraction of sp³-hybridized carbons (Fsp3) is 0.318. The normalized spacial score (nSPS) is 20.8. The van der Waals surface area contributed by atoms with Crippen molar-refractivity contribution in [2.75, 3.05) is 18.1 Å². The Hall–Kier alpha value is -3.59. The fourth-order valence-electron chi connectivity index (χ4n) is 3.96. The number of benzene rings is 2. The van der Waals surface area contributed by atoms with Gasteiger partial charge in [-0.05, 0) is 37.1 Å². The van der Waals surface area contributed by atoms with Gasteiger partial charge in [0.2, 0.25) is 5.91 Å². The highest BCUT2D eigenvalue weighted by molar-refractivity contribution is 6.23. The molecule has 9 heteroatoms. The Labute approximate surface area is 178 Å². The zero-order chi connectivity index (χ0) is 22.0. The van der Waals surface area contributed by atoms with Crippen LogP contribution in [0.15, 0.2) is 54.6 Å². The molecule has 0 aliphatic carbocycles. The number of nitro groups is 1. The van der Waals surface area contributed by atoms with Crippen molar-refractivity contribution in [3.05, 3.63) is 70.3 Å². The lowest BCUT2D eigenvalue weighted by molar-refractivity contribution is -0.384. The molecule has 2 unspecified atom stereocenters. The fourth-order valence-corrected chi connectivity index (χ4v) is 3.96. The molecule has 4 rings (SSSR count). The molecule has 0 spiro atoms. The highest BCUT2D eigenvalue weighted by atomic mass is 16.6. The van der Waals surface area contributed by atoms with Gasteiger partial charge in [-0.25, -0.2) is 4.90 Å². The van der Waals surface area contributed by atoms with E-state index in [1.807, 2.05) is 0 Å². The third-order valence-corrected chi connectivity index (χ3v) is 5.52. The number of nitro benzene ring substituents is 1. The van der Waals surface area contributed by atoms with Crippen LogP contribution in [0.1, 0.15) is 29.6 Å². The van der Waals surface area contributed by atoms with Gasteiger partial charge in [0.05, 0.1) is 23.1 Å². The van der Waals surface area contributed by atoms with E-state index in [1.165, 1.54) is 29.2 Å². The number of carbonyl (C=O) groups is 3. The van der Waals surface area contributed by atoms with E-state index < -0.39 is 22.8 Å². The number of amides is 3. The molecule has 0 saturated carbocycles. The van der Waals surface area contributed by atoms with Gasteiger partial charge >= 0.3 is 0 Å². The Morgan fingerprint density at radius 3 is 2.45 bits per heavy atom. The third kappa shape index (κ3) is 4.17. The highest BCUT2D eigenvalue weighted by Gasteiger charge is 2.45. The first kappa shape index (κ1) is 20.7. The molecule has 2 fully saturated rings. The maximum atomic E-state index is 13.3. The summed E-state index contributed by atoms with van der Waals surface area (Å²) in [5.74, 6) is -1.31. The predicted octanol–water partition coefficient (Wildman–Crippen LogP) is 2.55. The monoisotopic (exact) mass is 423 g/mol. The number of hydrogen-bond acceptors (Lipinski definition) is 6. The molecule has 2 aliphatic rings. The quantitative estimate of drug-likeness (QED) is 0.401. The second-order valence-electron chi connectivity index (χ2n) is 7.52. The van der Waals surface area contributed by atoms with Gasteiger partial charge in [0, 0.05) is 30.8 Å². The number of non-ortho nitro benzene ring substituents is 1. The molecular formula is C22H21N3O6. The minimum absolute atomic E-state index is 0.126. The molecule has 2 aromatic carbocycles. The molecule has 160 valence electrons. The van der Waals surface area contributed by atoms with Crippen LogP contribution in [0, 0.1) is 10.1 Å². The first-order chi connectivity index (χ1) is 15.0. The molecule has 2 aliphatic heterocycles. The van der Waals surface area contributed by atoms with Crippen molar-refractivity contribution in [3.8, 4) is 0 Å². The molecule has 3 amide bonds. The number of carbonyl (C=O) groups excluding carboxylic acids is 3. The first-order valence-corrected chi connectivity index (χ1v) is 10.0. The number of rotatable bonds is 6. The van der Waals surface area contributed by atoms with Crippen LogP contribution in [0.25, 0.3) is 0 Å². The van der Waals surface area contributed by atoms with Crippen molar-refractivity contribution < 1.29 is 24.0 Å². The van der Waals surface area contributed by atoms with Crippen molar-refractivity contribution in [1.29, 1.82) is 0 Å². The maximum Gasteiger partial charge on any atom is 0.269 e. The molecule has 2 atom stereocenters. The van der Waals surface area contributed by atoms with Crippen LogP contribution in [0.3, 0.4) is 0 Å². The van der Waals surface area contributed by atoms with Gasteiger partial charge in [-0.1, -0.05) is 18.2 Å². The van der Waals surface area contributed by atoms with Crippen molar-refractivity contribution in [2.45, 2.75) is 31.4 Å². The number of hydrogen-bond donors (Lipinski definition) is 0. The summed E-state index contributed by atoms with van der Waals surface area (Å²) in [5.41, 5.74) is 0.534.